The molecule has 1 aliphatic heterocycles. The van der Waals surface area contributed by atoms with E-state index in [1.54, 1.807) is 0 Å². The first-order valence-corrected chi connectivity index (χ1v) is 7.85. The molecule has 126 valence electrons. The van der Waals surface area contributed by atoms with Gasteiger partial charge >= 0.3 is 0 Å². The Kier molecular flexibility index (Phi) is 4.42. The fourth-order valence-electron chi connectivity index (χ4n) is 2.67. The molecule has 7 heteroatoms. The van der Waals surface area contributed by atoms with E-state index in [1.165, 1.54) is 18.2 Å². The number of rotatable bonds is 4. The van der Waals surface area contributed by atoms with Crippen LogP contribution in [0.3, 0.4) is 0 Å². The van der Waals surface area contributed by atoms with Crippen molar-refractivity contribution in [3.05, 3.63) is 29.9 Å². The number of aromatic hydroxyl groups is 1. The van der Waals surface area contributed by atoms with Gasteiger partial charge in [-0.1, -0.05) is 19.0 Å². The van der Waals surface area contributed by atoms with Gasteiger partial charge in [-0.2, -0.15) is 4.98 Å². The lowest BCUT2D eigenvalue weighted by Gasteiger charge is -2.17. The minimum atomic E-state index is -0.725. The Morgan fingerprint density at radius 1 is 1.38 bits per heavy atom. The number of halogens is 1. The Hall–Kier alpha value is -2.57. The number of hydrogen-bond acceptors (Lipinski definition) is 6. The van der Waals surface area contributed by atoms with Crippen molar-refractivity contribution in [1.82, 2.24) is 10.1 Å². The SMILES string of the molecule is CC1=NC(c2nc(-c3ccc(O)c(F)c3)no2)CC(CC(C)C)=N1. The summed E-state index contributed by atoms with van der Waals surface area (Å²) >= 11 is 0. The van der Waals surface area contributed by atoms with Crippen LogP contribution >= 0.6 is 0 Å². The van der Waals surface area contributed by atoms with Gasteiger partial charge in [0.05, 0.1) is 0 Å². The van der Waals surface area contributed by atoms with Gasteiger partial charge in [-0.25, -0.2) is 9.38 Å². The number of phenols is 1. The number of benzene rings is 1. The molecule has 0 spiro atoms. The van der Waals surface area contributed by atoms with Crippen molar-refractivity contribution in [2.75, 3.05) is 0 Å². The average Bonchev–Trinajstić information content (AvgIpc) is 2.98. The van der Waals surface area contributed by atoms with Crippen LogP contribution in [0, 0.1) is 11.7 Å². The molecule has 1 aromatic carbocycles. The monoisotopic (exact) mass is 330 g/mol. The molecule has 1 atom stereocenters. The van der Waals surface area contributed by atoms with Gasteiger partial charge < -0.3 is 9.63 Å². The molecule has 2 heterocycles. The molecular formula is C17H19FN4O2. The van der Waals surface area contributed by atoms with Gasteiger partial charge in [0.2, 0.25) is 5.82 Å². The second-order valence-electron chi connectivity index (χ2n) is 6.29. The number of aromatic nitrogens is 2. The summed E-state index contributed by atoms with van der Waals surface area (Å²) in [6.07, 6.45) is 1.54. The Balaban J connectivity index is 1.83. The molecule has 2 aromatic rings. The summed E-state index contributed by atoms with van der Waals surface area (Å²) in [4.78, 5) is 13.3. The number of hydrogen-bond donors (Lipinski definition) is 1. The summed E-state index contributed by atoms with van der Waals surface area (Å²) in [5, 5.41) is 13.2. The predicted octanol–water partition coefficient (Wildman–Crippen LogP) is 3.93. The van der Waals surface area contributed by atoms with E-state index < -0.39 is 11.6 Å². The van der Waals surface area contributed by atoms with E-state index in [9.17, 15) is 9.50 Å². The normalized spacial score (nSPS) is 17.8. The van der Waals surface area contributed by atoms with Crippen molar-refractivity contribution in [3.63, 3.8) is 0 Å². The van der Waals surface area contributed by atoms with E-state index in [0.717, 1.165) is 12.1 Å². The van der Waals surface area contributed by atoms with Crippen molar-refractivity contribution in [2.24, 2.45) is 15.9 Å². The zero-order valence-electron chi connectivity index (χ0n) is 13.8. The standard InChI is InChI=1S/C17H19FN4O2/c1-9(2)6-12-8-14(20-10(3)19-12)17-21-16(22-24-17)11-4-5-15(23)13(18)7-11/h4-5,7,9,14,23H,6,8H2,1-3H3. The molecule has 0 saturated carbocycles. The molecule has 3 rings (SSSR count). The molecule has 0 fully saturated rings. The third kappa shape index (κ3) is 3.50. The highest BCUT2D eigenvalue weighted by Gasteiger charge is 2.24. The lowest BCUT2D eigenvalue weighted by atomic mass is 9.99. The summed E-state index contributed by atoms with van der Waals surface area (Å²) in [6.45, 7) is 6.13. The van der Waals surface area contributed by atoms with Gasteiger partial charge in [0.25, 0.3) is 5.89 Å². The molecule has 0 radical (unpaired) electrons. The smallest absolute Gasteiger partial charge is 0.252 e. The van der Waals surface area contributed by atoms with Crippen molar-refractivity contribution in [1.29, 1.82) is 0 Å². The van der Waals surface area contributed by atoms with Crippen LogP contribution in [-0.4, -0.2) is 26.8 Å². The first-order valence-electron chi connectivity index (χ1n) is 7.85. The Bertz CT molecular complexity index is 811. The maximum absolute atomic E-state index is 13.5. The number of aliphatic imine (C=N–C) groups is 2. The zero-order valence-corrected chi connectivity index (χ0v) is 13.8. The molecule has 1 N–H and O–H groups in total. The highest BCUT2D eigenvalue weighted by Crippen LogP contribution is 2.29. The molecule has 0 aliphatic carbocycles. The Morgan fingerprint density at radius 3 is 2.88 bits per heavy atom. The van der Waals surface area contributed by atoms with Gasteiger partial charge in [0.15, 0.2) is 11.6 Å². The van der Waals surface area contributed by atoms with Crippen LogP contribution < -0.4 is 0 Å². The van der Waals surface area contributed by atoms with Crippen LogP contribution in [0.4, 0.5) is 4.39 Å². The summed E-state index contributed by atoms with van der Waals surface area (Å²) in [7, 11) is 0. The van der Waals surface area contributed by atoms with Gasteiger partial charge in [0, 0.05) is 17.7 Å². The van der Waals surface area contributed by atoms with Crippen LogP contribution in [0.15, 0.2) is 32.7 Å². The third-order valence-electron chi connectivity index (χ3n) is 3.67. The summed E-state index contributed by atoms with van der Waals surface area (Å²) in [5.41, 5.74) is 1.51. The molecule has 1 unspecified atom stereocenters. The molecule has 1 aromatic heterocycles. The highest BCUT2D eigenvalue weighted by atomic mass is 19.1. The average molecular weight is 330 g/mol. The van der Waals surface area contributed by atoms with Gasteiger partial charge in [-0.15, -0.1) is 0 Å². The first kappa shape index (κ1) is 16.3. The number of phenolic OH excluding ortho intramolecular Hbond substituents is 1. The Morgan fingerprint density at radius 2 is 2.17 bits per heavy atom. The van der Waals surface area contributed by atoms with E-state index in [2.05, 4.69) is 34.0 Å². The maximum atomic E-state index is 13.5. The van der Waals surface area contributed by atoms with Crippen molar-refractivity contribution in [3.8, 4) is 17.1 Å². The third-order valence-corrected chi connectivity index (χ3v) is 3.67. The van der Waals surface area contributed by atoms with Crippen LogP contribution in [0.5, 0.6) is 5.75 Å². The van der Waals surface area contributed by atoms with Crippen molar-refractivity contribution < 1.29 is 14.0 Å². The minimum Gasteiger partial charge on any atom is -0.505 e. The second-order valence-corrected chi connectivity index (χ2v) is 6.29. The zero-order chi connectivity index (χ0) is 17.3. The molecular weight excluding hydrogens is 311 g/mol. The molecule has 1 aliphatic rings. The second kappa shape index (κ2) is 6.51. The number of amidine groups is 1. The van der Waals surface area contributed by atoms with Crippen LogP contribution in [-0.2, 0) is 0 Å². The molecule has 0 amide bonds. The fourth-order valence-corrected chi connectivity index (χ4v) is 2.67. The molecule has 6 nitrogen and oxygen atoms in total. The highest BCUT2D eigenvalue weighted by molar-refractivity contribution is 5.99. The predicted molar refractivity (Wildman–Crippen MR) is 88.7 cm³/mol. The molecule has 0 saturated heterocycles. The van der Waals surface area contributed by atoms with E-state index in [4.69, 9.17) is 4.52 Å². The topological polar surface area (TPSA) is 83.9 Å². The van der Waals surface area contributed by atoms with Crippen LogP contribution in [0.25, 0.3) is 11.4 Å². The van der Waals surface area contributed by atoms with Crippen LogP contribution in [0.1, 0.15) is 45.5 Å². The van der Waals surface area contributed by atoms with Crippen molar-refractivity contribution in [2.45, 2.75) is 39.7 Å². The molecule has 0 bridgehead atoms. The lowest BCUT2D eigenvalue weighted by molar-refractivity contribution is 0.357. The van der Waals surface area contributed by atoms with Gasteiger partial charge in [-0.3, -0.25) is 4.99 Å². The lowest BCUT2D eigenvalue weighted by Crippen LogP contribution is -2.16. The van der Waals surface area contributed by atoms with E-state index in [0.29, 0.717) is 29.6 Å². The van der Waals surface area contributed by atoms with Crippen molar-refractivity contribution >= 4 is 11.5 Å². The Labute approximate surface area is 139 Å². The summed E-state index contributed by atoms with van der Waals surface area (Å²) in [6, 6.07) is 3.70. The van der Waals surface area contributed by atoms with Gasteiger partial charge in [0.1, 0.15) is 11.9 Å². The maximum Gasteiger partial charge on any atom is 0.252 e. The van der Waals surface area contributed by atoms with E-state index >= 15 is 0 Å². The number of nitrogens with zero attached hydrogens (tertiary/aromatic N) is 4. The quantitative estimate of drug-likeness (QED) is 0.920. The summed E-state index contributed by atoms with van der Waals surface area (Å²) < 4.78 is 18.8. The largest absolute Gasteiger partial charge is 0.505 e. The summed E-state index contributed by atoms with van der Waals surface area (Å²) in [5.74, 6) is 0.714. The molecule has 24 heavy (non-hydrogen) atoms. The fraction of sp³-hybridized carbons (Fsp3) is 0.412. The van der Waals surface area contributed by atoms with Gasteiger partial charge in [-0.05, 0) is 37.5 Å². The minimum absolute atomic E-state index is 0.264. The first-order chi connectivity index (χ1) is 11.4. The van der Waals surface area contributed by atoms with E-state index in [1.807, 2.05) is 6.92 Å². The van der Waals surface area contributed by atoms with Crippen LogP contribution in [0.2, 0.25) is 0 Å². The van der Waals surface area contributed by atoms with E-state index in [-0.39, 0.29) is 11.9 Å².